The lowest BCUT2D eigenvalue weighted by Gasteiger charge is -2.43. The van der Waals surface area contributed by atoms with Crippen LogP contribution in [0.5, 0.6) is 0 Å². The highest BCUT2D eigenvalue weighted by Crippen LogP contribution is 2.32. The minimum Gasteiger partial charge on any atom is -0.449 e. The van der Waals surface area contributed by atoms with Gasteiger partial charge >= 0.3 is 6.09 Å². The van der Waals surface area contributed by atoms with Gasteiger partial charge in [-0.25, -0.2) is 24.6 Å². The Morgan fingerprint density at radius 1 is 1.10 bits per heavy atom. The minimum absolute atomic E-state index is 0.310. The number of aryl methyl sites for hydroxylation is 1. The molecule has 1 amide bonds. The lowest BCUT2D eigenvalue weighted by molar-refractivity contribution is -0.0660. The molecule has 1 aromatic carbocycles. The summed E-state index contributed by atoms with van der Waals surface area (Å²) in [6, 6.07) is 8.50. The lowest BCUT2D eigenvalue weighted by Crippen LogP contribution is -2.56. The molecule has 6 rings (SSSR count). The first-order valence-corrected chi connectivity index (χ1v) is 14.1. The second-order valence-electron chi connectivity index (χ2n) is 10.4. The summed E-state index contributed by atoms with van der Waals surface area (Å²) in [5.74, 6) is 0.656. The van der Waals surface area contributed by atoms with Gasteiger partial charge in [0, 0.05) is 50.5 Å². The number of carbonyl (C=O) groups excluding carboxylic acids is 1. The number of fused-ring (bicyclic) bond motifs is 1. The molecule has 2 aliphatic heterocycles. The molecule has 2 aliphatic rings. The Labute approximate surface area is 238 Å². The number of nitrogen functional groups attached to an aromatic ring is 1. The summed E-state index contributed by atoms with van der Waals surface area (Å²) in [6.07, 6.45) is 8.04. The van der Waals surface area contributed by atoms with Crippen LogP contribution in [0.1, 0.15) is 25.5 Å². The number of amides is 1. The molecule has 214 valence electrons. The molecule has 0 atom stereocenters. The number of piperazine rings is 1. The third-order valence-corrected chi connectivity index (χ3v) is 7.65. The van der Waals surface area contributed by atoms with E-state index in [1.165, 1.54) is 4.90 Å². The Morgan fingerprint density at radius 2 is 1.88 bits per heavy atom. The number of hydrogen-bond acceptors (Lipinski definition) is 10. The average molecular weight is 558 g/mol. The monoisotopic (exact) mass is 557 g/mol. The van der Waals surface area contributed by atoms with Crippen LogP contribution in [0.2, 0.25) is 0 Å². The molecule has 0 radical (unpaired) electrons. The molecule has 2 saturated heterocycles. The van der Waals surface area contributed by atoms with E-state index in [-0.39, 0.29) is 0 Å². The van der Waals surface area contributed by atoms with Crippen LogP contribution in [0.15, 0.2) is 49.1 Å². The fourth-order valence-corrected chi connectivity index (χ4v) is 5.05. The van der Waals surface area contributed by atoms with Gasteiger partial charge in [0.1, 0.15) is 17.2 Å². The van der Waals surface area contributed by atoms with Crippen molar-refractivity contribution in [1.29, 1.82) is 0 Å². The molecular formula is C29H35N9O3. The molecule has 12 nitrogen and oxygen atoms in total. The highest BCUT2D eigenvalue weighted by molar-refractivity contribution is 5.98. The molecular weight excluding hydrogens is 522 g/mol. The molecule has 41 heavy (non-hydrogen) atoms. The molecule has 4 aromatic rings. The number of ether oxygens (including phenoxy) is 2. The fraction of sp³-hybridized carbons (Fsp3) is 0.414. The maximum atomic E-state index is 13.6. The summed E-state index contributed by atoms with van der Waals surface area (Å²) in [5.41, 5.74) is 9.92. The standard InChI is InChI=1S/C29H35N9O3/c1-3-4-15-41-29(39)38(22-7-5-21(6-8-22)35-11-13-36(14-12-35)23-18-40-19-23)28-27-31-9-10-37(27)17-25(34-28)24-16-32-20(2)26(30)33-24/h5-10,16-17,23H,3-4,11-15,18-19H2,1-2H3,(H2,30,33). The number of imidazole rings is 1. The predicted octanol–water partition coefficient (Wildman–Crippen LogP) is 3.67. The Kier molecular flexibility index (Phi) is 7.66. The van der Waals surface area contributed by atoms with Gasteiger partial charge in [0.25, 0.3) is 0 Å². The van der Waals surface area contributed by atoms with Crippen LogP contribution in [0.3, 0.4) is 0 Å². The Hall–Kier alpha value is -4.29. The highest BCUT2D eigenvalue weighted by atomic mass is 16.6. The maximum Gasteiger partial charge on any atom is 0.420 e. The number of unbranched alkanes of at least 4 members (excludes halogenated alkanes) is 1. The Balaban J connectivity index is 1.33. The van der Waals surface area contributed by atoms with Crippen molar-refractivity contribution in [2.45, 2.75) is 32.7 Å². The van der Waals surface area contributed by atoms with Gasteiger partial charge in [0.15, 0.2) is 11.5 Å². The van der Waals surface area contributed by atoms with Gasteiger partial charge < -0.3 is 24.5 Å². The van der Waals surface area contributed by atoms with E-state index in [1.807, 2.05) is 28.7 Å². The smallest absolute Gasteiger partial charge is 0.420 e. The highest BCUT2D eigenvalue weighted by Gasteiger charge is 2.30. The molecule has 3 aromatic heterocycles. The zero-order chi connectivity index (χ0) is 28.3. The van der Waals surface area contributed by atoms with Crippen LogP contribution in [-0.2, 0) is 9.47 Å². The van der Waals surface area contributed by atoms with E-state index in [1.54, 1.807) is 31.7 Å². The number of carbonyl (C=O) groups is 1. The first-order valence-electron chi connectivity index (χ1n) is 14.1. The number of nitrogens with two attached hydrogens (primary N) is 1. The third-order valence-electron chi connectivity index (χ3n) is 7.65. The van der Waals surface area contributed by atoms with Gasteiger partial charge in [-0.3, -0.25) is 9.88 Å². The van der Waals surface area contributed by atoms with Crippen molar-refractivity contribution in [3.05, 3.63) is 54.7 Å². The SMILES string of the molecule is CCCCOC(=O)N(c1ccc(N2CCN(C3COC3)CC2)cc1)c1nc(-c2cnc(C)c(N)n2)cn2ccnc12. The Bertz CT molecular complexity index is 1510. The first-order chi connectivity index (χ1) is 20.0. The van der Waals surface area contributed by atoms with Crippen LogP contribution in [0, 0.1) is 6.92 Å². The summed E-state index contributed by atoms with van der Waals surface area (Å²) in [5, 5.41) is 0. The zero-order valence-corrected chi connectivity index (χ0v) is 23.4. The minimum atomic E-state index is -0.522. The summed E-state index contributed by atoms with van der Waals surface area (Å²) in [7, 11) is 0. The molecule has 0 saturated carbocycles. The number of aromatic nitrogens is 5. The van der Waals surface area contributed by atoms with E-state index in [4.69, 9.17) is 20.2 Å². The van der Waals surface area contributed by atoms with Gasteiger partial charge in [-0.15, -0.1) is 0 Å². The summed E-state index contributed by atoms with van der Waals surface area (Å²) < 4.78 is 12.9. The summed E-state index contributed by atoms with van der Waals surface area (Å²) >= 11 is 0. The first kappa shape index (κ1) is 26.9. The van der Waals surface area contributed by atoms with Gasteiger partial charge in [0.2, 0.25) is 0 Å². The van der Waals surface area contributed by atoms with Crippen LogP contribution in [0.25, 0.3) is 17.0 Å². The van der Waals surface area contributed by atoms with Gasteiger partial charge in [-0.1, -0.05) is 13.3 Å². The zero-order valence-electron chi connectivity index (χ0n) is 23.4. The number of rotatable bonds is 8. The van der Waals surface area contributed by atoms with E-state index >= 15 is 0 Å². The average Bonchev–Trinajstić information content (AvgIpc) is 3.44. The fourth-order valence-electron chi connectivity index (χ4n) is 5.05. The van der Waals surface area contributed by atoms with Crippen LogP contribution < -0.4 is 15.5 Å². The number of nitrogens with zero attached hydrogens (tertiary/aromatic N) is 8. The molecule has 0 bridgehead atoms. The molecule has 5 heterocycles. The summed E-state index contributed by atoms with van der Waals surface area (Å²) in [6.45, 7) is 9.73. The molecule has 0 aliphatic carbocycles. The van der Waals surface area contributed by atoms with E-state index < -0.39 is 6.09 Å². The van der Waals surface area contributed by atoms with Crippen molar-refractivity contribution in [2.24, 2.45) is 0 Å². The number of anilines is 4. The second-order valence-corrected chi connectivity index (χ2v) is 10.4. The molecule has 12 heteroatoms. The third kappa shape index (κ3) is 5.52. The van der Waals surface area contributed by atoms with E-state index in [9.17, 15) is 4.79 Å². The van der Waals surface area contributed by atoms with Crippen molar-refractivity contribution in [2.75, 3.05) is 61.5 Å². The quantitative estimate of drug-likeness (QED) is 0.321. The summed E-state index contributed by atoms with van der Waals surface area (Å²) in [4.78, 5) is 38.1. The number of hydrogen-bond donors (Lipinski definition) is 1. The van der Waals surface area contributed by atoms with Crippen molar-refractivity contribution < 1.29 is 14.3 Å². The van der Waals surface area contributed by atoms with Gasteiger partial charge in [-0.05, 0) is 37.6 Å². The van der Waals surface area contributed by atoms with Crippen molar-refractivity contribution in [3.63, 3.8) is 0 Å². The second kappa shape index (κ2) is 11.7. The van der Waals surface area contributed by atoms with E-state index in [0.29, 0.717) is 52.7 Å². The van der Waals surface area contributed by atoms with E-state index in [2.05, 4.69) is 31.7 Å². The molecule has 2 fully saturated rings. The maximum absolute atomic E-state index is 13.6. The molecule has 0 spiro atoms. The topological polar surface area (TPSA) is 127 Å². The van der Waals surface area contributed by atoms with E-state index in [0.717, 1.165) is 57.9 Å². The Morgan fingerprint density at radius 3 is 2.56 bits per heavy atom. The lowest BCUT2D eigenvalue weighted by atomic mass is 10.1. The van der Waals surface area contributed by atoms with Crippen molar-refractivity contribution in [1.82, 2.24) is 29.2 Å². The van der Waals surface area contributed by atoms with Crippen molar-refractivity contribution in [3.8, 4) is 11.4 Å². The largest absolute Gasteiger partial charge is 0.449 e. The van der Waals surface area contributed by atoms with Crippen LogP contribution in [0.4, 0.5) is 27.8 Å². The van der Waals surface area contributed by atoms with Crippen molar-refractivity contribution >= 4 is 34.8 Å². The molecule has 2 N–H and O–H groups in total. The van der Waals surface area contributed by atoms with Crippen LogP contribution in [-0.4, -0.2) is 87.4 Å². The molecule has 0 unspecified atom stereocenters. The number of benzene rings is 1. The van der Waals surface area contributed by atoms with Gasteiger partial charge in [-0.2, -0.15) is 0 Å². The predicted molar refractivity (Wildman–Crippen MR) is 156 cm³/mol. The normalized spacial score (nSPS) is 16.1. The van der Waals surface area contributed by atoms with Crippen LogP contribution >= 0.6 is 0 Å². The van der Waals surface area contributed by atoms with Gasteiger partial charge in [0.05, 0.1) is 43.4 Å².